The van der Waals surface area contributed by atoms with Gasteiger partial charge in [0.25, 0.3) is 5.91 Å². The lowest BCUT2D eigenvalue weighted by atomic mass is 10.3. The number of carbonyl (C=O) groups is 1. The zero-order chi connectivity index (χ0) is 12.7. The van der Waals surface area contributed by atoms with Gasteiger partial charge in [-0.3, -0.25) is 4.79 Å². The van der Waals surface area contributed by atoms with Crippen LogP contribution in [0, 0.1) is 0 Å². The molecule has 0 aliphatic heterocycles. The zero-order valence-electron chi connectivity index (χ0n) is 9.44. The molecule has 0 atom stereocenters. The summed E-state index contributed by atoms with van der Waals surface area (Å²) >= 11 is 6.80. The van der Waals surface area contributed by atoms with E-state index in [1.807, 2.05) is 18.2 Å². The van der Waals surface area contributed by atoms with Crippen molar-refractivity contribution in [3.63, 3.8) is 0 Å². The van der Waals surface area contributed by atoms with Crippen molar-refractivity contribution in [2.45, 2.75) is 6.92 Å². The van der Waals surface area contributed by atoms with Crippen LogP contribution in [0.3, 0.4) is 0 Å². The predicted molar refractivity (Wildman–Crippen MR) is 73.6 cm³/mol. The van der Waals surface area contributed by atoms with Gasteiger partial charge in [-0.15, -0.1) is 23.4 Å². The van der Waals surface area contributed by atoms with Crippen molar-refractivity contribution in [3.05, 3.63) is 41.0 Å². The normalized spacial score (nSPS) is 11.9. The maximum Gasteiger partial charge on any atom is 0.265 e. The molecule has 0 saturated carbocycles. The lowest BCUT2D eigenvalue weighted by Gasteiger charge is -2.08. The molecule has 3 nitrogen and oxygen atoms in total. The standard InChI is InChI=1S/C12H14ClNO2S/c1-9(15)11(17-8-7-13)12(16)14-10-5-3-2-4-6-10/h2-6,15H,7-8H2,1H3,(H,14,16)/b11-9+. The van der Waals surface area contributed by atoms with Crippen LogP contribution in [0.5, 0.6) is 0 Å². The van der Waals surface area contributed by atoms with Gasteiger partial charge in [0.2, 0.25) is 0 Å². The third-order valence-corrected chi connectivity index (χ3v) is 3.48. The van der Waals surface area contributed by atoms with Crippen LogP contribution in [0.1, 0.15) is 6.92 Å². The third kappa shape index (κ3) is 4.71. The van der Waals surface area contributed by atoms with Gasteiger partial charge in [-0.05, 0) is 19.1 Å². The van der Waals surface area contributed by atoms with Crippen molar-refractivity contribution in [1.82, 2.24) is 0 Å². The molecule has 17 heavy (non-hydrogen) atoms. The summed E-state index contributed by atoms with van der Waals surface area (Å²) in [5.41, 5.74) is 0.697. The van der Waals surface area contributed by atoms with E-state index in [1.165, 1.54) is 18.7 Å². The van der Waals surface area contributed by atoms with Gasteiger partial charge in [0.1, 0.15) is 10.7 Å². The molecule has 0 radical (unpaired) electrons. The van der Waals surface area contributed by atoms with Crippen molar-refractivity contribution in [3.8, 4) is 0 Å². The average molecular weight is 272 g/mol. The predicted octanol–water partition coefficient (Wildman–Crippen LogP) is 3.39. The lowest BCUT2D eigenvalue weighted by molar-refractivity contribution is -0.112. The van der Waals surface area contributed by atoms with Crippen LogP contribution < -0.4 is 5.32 Å². The number of thioether (sulfide) groups is 1. The number of alkyl halides is 1. The van der Waals surface area contributed by atoms with Gasteiger partial charge >= 0.3 is 0 Å². The number of carbonyl (C=O) groups excluding carboxylic acids is 1. The number of anilines is 1. The molecule has 0 bridgehead atoms. The fraction of sp³-hybridized carbons (Fsp3) is 0.250. The molecule has 0 unspecified atom stereocenters. The summed E-state index contributed by atoms with van der Waals surface area (Å²) in [6, 6.07) is 9.10. The van der Waals surface area contributed by atoms with Gasteiger partial charge in [-0.2, -0.15) is 0 Å². The first-order valence-electron chi connectivity index (χ1n) is 5.10. The topological polar surface area (TPSA) is 49.3 Å². The molecule has 0 spiro atoms. The summed E-state index contributed by atoms with van der Waals surface area (Å²) in [5, 5.41) is 12.2. The van der Waals surface area contributed by atoms with E-state index in [4.69, 9.17) is 11.6 Å². The van der Waals surface area contributed by atoms with Crippen LogP contribution in [0.15, 0.2) is 41.0 Å². The number of hydrogen-bond acceptors (Lipinski definition) is 3. The van der Waals surface area contributed by atoms with Crippen LogP contribution in [0.25, 0.3) is 0 Å². The highest BCUT2D eigenvalue weighted by atomic mass is 35.5. The molecule has 0 heterocycles. The number of halogens is 1. The number of allylic oxidation sites excluding steroid dienone is 1. The maximum absolute atomic E-state index is 11.9. The summed E-state index contributed by atoms with van der Waals surface area (Å²) in [7, 11) is 0. The first kappa shape index (κ1) is 13.9. The van der Waals surface area contributed by atoms with E-state index in [9.17, 15) is 9.90 Å². The van der Waals surface area contributed by atoms with Crippen molar-refractivity contribution in [2.24, 2.45) is 0 Å². The highest BCUT2D eigenvalue weighted by Gasteiger charge is 2.13. The fourth-order valence-corrected chi connectivity index (χ4v) is 2.09. The molecule has 92 valence electrons. The summed E-state index contributed by atoms with van der Waals surface area (Å²) in [5.74, 6) is 0.705. The van der Waals surface area contributed by atoms with Gasteiger partial charge < -0.3 is 10.4 Å². The van der Waals surface area contributed by atoms with Gasteiger partial charge in [0.05, 0.1) is 0 Å². The minimum absolute atomic E-state index is 0.00791. The van der Waals surface area contributed by atoms with Crippen LogP contribution >= 0.6 is 23.4 Å². The van der Waals surface area contributed by atoms with E-state index in [-0.39, 0.29) is 11.7 Å². The molecule has 1 amide bonds. The molecular formula is C12H14ClNO2S. The molecule has 0 fully saturated rings. The Labute approximate surface area is 110 Å². The van der Waals surface area contributed by atoms with E-state index in [2.05, 4.69) is 5.32 Å². The van der Waals surface area contributed by atoms with Crippen LogP contribution in [0.4, 0.5) is 5.69 Å². The number of aliphatic hydroxyl groups excluding tert-OH is 1. The molecule has 0 saturated heterocycles. The second-order valence-electron chi connectivity index (χ2n) is 3.27. The SMILES string of the molecule is C/C(O)=C(\SCCCl)C(=O)Nc1ccccc1. The molecule has 0 aliphatic rings. The Morgan fingerprint density at radius 2 is 2.06 bits per heavy atom. The number of amides is 1. The van der Waals surface area contributed by atoms with E-state index in [0.717, 1.165) is 0 Å². The quantitative estimate of drug-likeness (QED) is 0.490. The number of hydrogen-bond donors (Lipinski definition) is 2. The number of nitrogens with one attached hydrogen (secondary N) is 1. The van der Waals surface area contributed by atoms with Gasteiger partial charge in [0, 0.05) is 17.3 Å². The number of benzene rings is 1. The maximum atomic E-state index is 11.9. The van der Waals surface area contributed by atoms with Crippen molar-refractivity contribution < 1.29 is 9.90 Å². The second-order valence-corrected chi connectivity index (χ2v) is 4.76. The van der Waals surface area contributed by atoms with E-state index < -0.39 is 0 Å². The Kier molecular flexibility index (Phi) is 5.94. The zero-order valence-corrected chi connectivity index (χ0v) is 11.0. The lowest BCUT2D eigenvalue weighted by Crippen LogP contribution is -2.14. The smallest absolute Gasteiger partial charge is 0.265 e. The van der Waals surface area contributed by atoms with Crippen LogP contribution in [0.2, 0.25) is 0 Å². The van der Waals surface area contributed by atoms with E-state index in [0.29, 0.717) is 22.2 Å². The fourth-order valence-electron chi connectivity index (χ4n) is 1.18. The molecular weight excluding hydrogens is 258 g/mol. The largest absolute Gasteiger partial charge is 0.511 e. The van der Waals surface area contributed by atoms with Crippen LogP contribution in [-0.4, -0.2) is 22.6 Å². The minimum Gasteiger partial charge on any atom is -0.511 e. The Bertz CT molecular complexity index is 402. The van der Waals surface area contributed by atoms with Gasteiger partial charge in [-0.25, -0.2) is 0 Å². The van der Waals surface area contributed by atoms with Crippen molar-refractivity contribution in [2.75, 3.05) is 16.9 Å². The van der Waals surface area contributed by atoms with Gasteiger partial charge in [0.15, 0.2) is 0 Å². The van der Waals surface area contributed by atoms with Crippen molar-refractivity contribution in [1.29, 1.82) is 0 Å². The summed E-state index contributed by atoms with van der Waals surface area (Å²) in [6.45, 7) is 1.49. The first-order chi connectivity index (χ1) is 8.15. The number of rotatable bonds is 5. The molecule has 1 aromatic carbocycles. The average Bonchev–Trinajstić information content (AvgIpc) is 2.30. The molecule has 1 rings (SSSR count). The Balaban J connectivity index is 2.70. The third-order valence-electron chi connectivity index (χ3n) is 1.89. The number of para-hydroxylation sites is 1. The molecule has 0 aliphatic carbocycles. The van der Waals surface area contributed by atoms with E-state index >= 15 is 0 Å². The summed E-state index contributed by atoms with van der Waals surface area (Å²) in [6.07, 6.45) is 0. The summed E-state index contributed by atoms with van der Waals surface area (Å²) < 4.78 is 0. The molecule has 1 aromatic rings. The van der Waals surface area contributed by atoms with Crippen LogP contribution in [-0.2, 0) is 4.79 Å². The molecule has 2 N–H and O–H groups in total. The highest BCUT2D eigenvalue weighted by molar-refractivity contribution is 8.04. The highest BCUT2D eigenvalue weighted by Crippen LogP contribution is 2.21. The molecule has 5 heteroatoms. The Morgan fingerprint density at radius 1 is 1.41 bits per heavy atom. The summed E-state index contributed by atoms with van der Waals surface area (Å²) in [4.78, 5) is 12.2. The van der Waals surface area contributed by atoms with Crippen molar-refractivity contribution >= 4 is 35.0 Å². The monoisotopic (exact) mass is 271 g/mol. The Hall–Kier alpha value is -1.13. The first-order valence-corrected chi connectivity index (χ1v) is 6.62. The minimum atomic E-state index is -0.314. The molecule has 0 aromatic heterocycles. The van der Waals surface area contributed by atoms with E-state index in [1.54, 1.807) is 12.1 Å². The Morgan fingerprint density at radius 3 is 2.59 bits per heavy atom. The second kappa shape index (κ2) is 7.25. The number of aliphatic hydroxyl groups is 1. The van der Waals surface area contributed by atoms with Gasteiger partial charge in [-0.1, -0.05) is 18.2 Å².